The van der Waals surface area contributed by atoms with Crippen LogP contribution in [0.5, 0.6) is 11.5 Å². The predicted octanol–water partition coefficient (Wildman–Crippen LogP) is 0.798. The van der Waals surface area contributed by atoms with Gasteiger partial charge in [0.25, 0.3) is 5.91 Å². The Bertz CT molecular complexity index is 686. The summed E-state index contributed by atoms with van der Waals surface area (Å²) < 4.78 is 5.44. The van der Waals surface area contributed by atoms with E-state index in [2.05, 4.69) is 10.5 Å². The Kier molecular flexibility index (Phi) is 4.35. The van der Waals surface area contributed by atoms with E-state index in [0.29, 0.717) is 16.0 Å². The number of carbonyl (C=O) groups excluding carboxylic acids is 1. The summed E-state index contributed by atoms with van der Waals surface area (Å²) in [5.41, 5.74) is 3.07. The number of phenolic OH excluding ortho intramolecular Hbond substituents is 1. The quantitative estimate of drug-likeness (QED) is 0.376. The van der Waals surface area contributed by atoms with Crippen LogP contribution in [-0.4, -0.2) is 24.3 Å². The van der Waals surface area contributed by atoms with Crippen molar-refractivity contribution < 1.29 is 19.4 Å². The van der Waals surface area contributed by atoms with E-state index in [1.807, 2.05) is 0 Å². The molecule has 0 bridgehead atoms. The van der Waals surface area contributed by atoms with E-state index in [-0.39, 0.29) is 11.3 Å². The lowest BCUT2D eigenvalue weighted by Crippen LogP contribution is -2.28. The van der Waals surface area contributed by atoms with Crippen LogP contribution in [0.2, 0.25) is 0 Å². The number of carbonyl (C=O) groups is 1. The summed E-state index contributed by atoms with van der Waals surface area (Å²) in [4.78, 5) is 11.7. The van der Waals surface area contributed by atoms with Crippen LogP contribution in [0.3, 0.4) is 0 Å². The number of hydrazone groups is 1. The van der Waals surface area contributed by atoms with Gasteiger partial charge in [-0.3, -0.25) is 4.79 Å². The van der Waals surface area contributed by atoms with Gasteiger partial charge in [0.05, 0.1) is 13.3 Å². The van der Waals surface area contributed by atoms with Crippen LogP contribution < -0.4 is 14.9 Å². The van der Waals surface area contributed by atoms with E-state index in [4.69, 9.17) is 4.74 Å². The third-order valence-electron chi connectivity index (χ3n) is 2.62. The first-order chi connectivity index (χ1) is 10.1. The van der Waals surface area contributed by atoms with Gasteiger partial charge in [-0.15, -0.1) is 0 Å². The number of phenols is 1. The molecule has 0 aliphatic carbocycles. The van der Waals surface area contributed by atoms with Crippen molar-refractivity contribution in [3.05, 3.63) is 59.1 Å². The van der Waals surface area contributed by atoms with Crippen molar-refractivity contribution in [1.82, 2.24) is 5.43 Å². The number of hydrogen-bond donors (Lipinski definition) is 2. The lowest BCUT2D eigenvalue weighted by molar-refractivity contribution is -0.605. The SMILES string of the molecule is COc1ccc(/C=N/NC(=O)c2ccc[n+]([O-])c2)cc1O. The molecule has 1 aromatic carbocycles. The number of nitrogens with zero attached hydrogens (tertiary/aromatic N) is 2. The summed E-state index contributed by atoms with van der Waals surface area (Å²) in [7, 11) is 1.45. The Morgan fingerprint density at radius 1 is 1.48 bits per heavy atom. The Morgan fingerprint density at radius 3 is 2.95 bits per heavy atom. The lowest BCUT2D eigenvalue weighted by Gasteiger charge is -2.03. The van der Waals surface area contributed by atoms with Crippen LogP contribution in [-0.2, 0) is 0 Å². The first kappa shape index (κ1) is 14.3. The zero-order valence-electron chi connectivity index (χ0n) is 11.2. The fourth-order valence-electron chi connectivity index (χ4n) is 1.61. The Balaban J connectivity index is 2.02. The summed E-state index contributed by atoms with van der Waals surface area (Å²) >= 11 is 0. The van der Waals surface area contributed by atoms with Crippen LogP contribution in [0, 0.1) is 5.21 Å². The topological polar surface area (TPSA) is 97.9 Å². The molecule has 0 saturated carbocycles. The monoisotopic (exact) mass is 287 g/mol. The smallest absolute Gasteiger partial charge is 0.277 e. The van der Waals surface area contributed by atoms with E-state index in [9.17, 15) is 15.1 Å². The largest absolute Gasteiger partial charge is 0.619 e. The van der Waals surface area contributed by atoms with Crippen LogP contribution in [0.4, 0.5) is 0 Å². The van der Waals surface area contributed by atoms with Gasteiger partial charge in [-0.1, -0.05) is 0 Å². The third kappa shape index (κ3) is 3.69. The summed E-state index contributed by atoms with van der Waals surface area (Å²) in [6.45, 7) is 0. The van der Waals surface area contributed by atoms with Gasteiger partial charge in [0.1, 0.15) is 5.56 Å². The first-order valence-electron chi connectivity index (χ1n) is 5.99. The molecule has 0 aliphatic heterocycles. The van der Waals surface area contributed by atoms with Gasteiger partial charge in [0, 0.05) is 6.07 Å². The molecule has 7 heteroatoms. The maximum Gasteiger partial charge on any atom is 0.277 e. The Hall–Kier alpha value is -3.09. The Labute approximate surface area is 120 Å². The average Bonchev–Trinajstić information content (AvgIpc) is 2.47. The second kappa shape index (κ2) is 6.38. The third-order valence-corrected chi connectivity index (χ3v) is 2.62. The van der Waals surface area contributed by atoms with Crippen molar-refractivity contribution in [3.63, 3.8) is 0 Å². The second-order valence-electron chi connectivity index (χ2n) is 4.08. The molecular weight excluding hydrogens is 274 g/mol. The van der Waals surface area contributed by atoms with Crippen LogP contribution in [0.15, 0.2) is 47.8 Å². The molecule has 0 spiro atoms. The molecule has 108 valence electrons. The first-order valence-corrected chi connectivity index (χ1v) is 5.99. The molecule has 21 heavy (non-hydrogen) atoms. The van der Waals surface area contributed by atoms with Gasteiger partial charge in [-0.05, 0) is 29.8 Å². The minimum absolute atomic E-state index is 0.0248. The maximum atomic E-state index is 11.7. The van der Waals surface area contributed by atoms with Crippen molar-refractivity contribution in [3.8, 4) is 11.5 Å². The average molecular weight is 287 g/mol. The highest BCUT2D eigenvalue weighted by Gasteiger charge is 2.07. The molecule has 0 unspecified atom stereocenters. The minimum atomic E-state index is -0.505. The zero-order valence-corrected chi connectivity index (χ0v) is 11.2. The summed E-state index contributed by atoms with van der Waals surface area (Å²) in [6, 6.07) is 7.66. The molecule has 0 fully saturated rings. The molecule has 0 saturated heterocycles. The van der Waals surface area contributed by atoms with Crippen LogP contribution >= 0.6 is 0 Å². The lowest BCUT2D eigenvalue weighted by atomic mass is 10.2. The highest BCUT2D eigenvalue weighted by molar-refractivity contribution is 5.94. The molecule has 1 heterocycles. The predicted molar refractivity (Wildman–Crippen MR) is 75.1 cm³/mol. The van der Waals surface area contributed by atoms with Gasteiger partial charge in [0.2, 0.25) is 0 Å². The van der Waals surface area contributed by atoms with Gasteiger partial charge >= 0.3 is 0 Å². The number of amides is 1. The number of rotatable bonds is 4. The molecule has 0 atom stereocenters. The van der Waals surface area contributed by atoms with Gasteiger partial charge in [0.15, 0.2) is 23.9 Å². The highest BCUT2D eigenvalue weighted by Crippen LogP contribution is 2.25. The van der Waals surface area contributed by atoms with E-state index in [0.717, 1.165) is 6.20 Å². The molecule has 0 radical (unpaired) electrons. The van der Waals surface area contributed by atoms with Crippen molar-refractivity contribution in [1.29, 1.82) is 0 Å². The van der Waals surface area contributed by atoms with E-state index < -0.39 is 5.91 Å². The second-order valence-corrected chi connectivity index (χ2v) is 4.08. The number of nitrogens with one attached hydrogen (secondary N) is 1. The minimum Gasteiger partial charge on any atom is -0.619 e. The molecular formula is C14H13N3O4. The molecule has 0 aliphatic rings. The number of aromatic hydroxyl groups is 1. The fourth-order valence-corrected chi connectivity index (χ4v) is 1.61. The zero-order chi connectivity index (χ0) is 15.2. The molecule has 1 aromatic heterocycles. The number of hydrogen-bond acceptors (Lipinski definition) is 5. The van der Waals surface area contributed by atoms with E-state index >= 15 is 0 Å². The van der Waals surface area contributed by atoms with Crippen molar-refractivity contribution >= 4 is 12.1 Å². The standard InChI is InChI=1S/C14H13N3O4/c1-21-13-5-4-10(7-12(13)18)8-15-16-14(19)11-3-2-6-17(20)9-11/h2-9,18H,1H3,(H,16,19)/b15-8+. The number of ether oxygens (including phenoxy) is 1. The summed E-state index contributed by atoms with van der Waals surface area (Å²) in [5.74, 6) is -0.183. The van der Waals surface area contributed by atoms with Crippen molar-refractivity contribution in [2.45, 2.75) is 0 Å². The normalized spacial score (nSPS) is 10.5. The van der Waals surface area contributed by atoms with Gasteiger partial charge in [-0.25, -0.2) is 5.43 Å². The Morgan fingerprint density at radius 2 is 2.29 bits per heavy atom. The van der Waals surface area contributed by atoms with Crippen molar-refractivity contribution in [2.24, 2.45) is 5.10 Å². The summed E-state index contributed by atoms with van der Waals surface area (Å²) in [6.07, 6.45) is 3.79. The molecule has 1 amide bonds. The van der Waals surface area contributed by atoms with Gasteiger partial charge < -0.3 is 15.1 Å². The number of methoxy groups -OCH3 is 1. The molecule has 2 rings (SSSR count). The van der Waals surface area contributed by atoms with Crippen molar-refractivity contribution in [2.75, 3.05) is 7.11 Å². The summed E-state index contributed by atoms with van der Waals surface area (Å²) in [5, 5.41) is 24.4. The molecule has 2 N–H and O–H groups in total. The van der Waals surface area contributed by atoms with Crippen LogP contribution in [0.25, 0.3) is 0 Å². The fraction of sp³-hybridized carbons (Fsp3) is 0.0714. The number of benzene rings is 1. The van der Waals surface area contributed by atoms with E-state index in [1.165, 1.54) is 37.7 Å². The van der Waals surface area contributed by atoms with Gasteiger partial charge in [-0.2, -0.15) is 9.83 Å². The highest BCUT2D eigenvalue weighted by atomic mass is 16.5. The molecule has 7 nitrogen and oxygen atoms in total. The number of aromatic nitrogens is 1. The van der Waals surface area contributed by atoms with Crippen LogP contribution in [0.1, 0.15) is 15.9 Å². The molecule has 2 aromatic rings. The maximum absolute atomic E-state index is 11.7. The van der Waals surface area contributed by atoms with E-state index in [1.54, 1.807) is 12.1 Å². The number of pyridine rings is 1.